The van der Waals surface area contributed by atoms with Gasteiger partial charge in [-0.15, -0.1) is 0 Å². The van der Waals surface area contributed by atoms with E-state index in [-0.39, 0.29) is 16.6 Å². The first-order valence-corrected chi connectivity index (χ1v) is 10.3. The molecule has 0 aliphatic carbocycles. The van der Waals surface area contributed by atoms with Crippen LogP contribution in [0.1, 0.15) is 24.1 Å². The minimum Gasteiger partial charge on any atom is -0.303 e. The second-order valence-electron chi connectivity index (χ2n) is 6.71. The molecule has 27 heavy (non-hydrogen) atoms. The number of rotatable bonds is 5. The predicted molar refractivity (Wildman–Crippen MR) is 103 cm³/mol. The van der Waals surface area contributed by atoms with Crippen molar-refractivity contribution in [1.82, 2.24) is 9.21 Å². The second-order valence-corrected chi connectivity index (χ2v) is 8.57. The number of nitro benzene ring substituents is 1. The molecule has 1 unspecified atom stereocenters. The van der Waals surface area contributed by atoms with Gasteiger partial charge < -0.3 is 4.90 Å². The van der Waals surface area contributed by atoms with Gasteiger partial charge in [0.05, 0.1) is 15.9 Å². The van der Waals surface area contributed by atoms with E-state index in [1.807, 2.05) is 44.3 Å². The molecule has 0 N–H and O–H groups in total. The van der Waals surface area contributed by atoms with Gasteiger partial charge in [-0.1, -0.05) is 43.3 Å². The molecule has 1 aliphatic rings. The van der Waals surface area contributed by atoms with Crippen LogP contribution < -0.4 is 0 Å². The number of hydrogen-bond donors (Lipinski definition) is 0. The Kier molecular flexibility index (Phi) is 5.59. The molecule has 0 amide bonds. The van der Waals surface area contributed by atoms with Crippen LogP contribution >= 0.6 is 0 Å². The average Bonchev–Trinajstić information content (AvgIpc) is 2.67. The molecule has 1 atom stereocenters. The monoisotopic (exact) mass is 389 g/mol. The van der Waals surface area contributed by atoms with Crippen LogP contribution in [-0.2, 0) is 16.4 Å². The molecule has 0 aromatic heterocycles. The number of nitrogens with zero attached hydrogens (tertiary/aromatic N) is 3. The van der Waals surface area contributed by atoms with E-state index in [1.165, 1.54) is 16.4 Å². The zero-order chi connectivity index (χ0) is 19.6. The van der Waals surface area contributed by atoms with Crippen LogP contribution in [0.3, 0.4) is 0 Å². The van der Waals surface area contributed by atoms with Gasteiger partial charge in [0.25, 0.3) is 5.69 Å². The lowest BCUT2D eigenvalue weighted by Crippen LogP contribution is -2.49. The lowest BCUT2D eigenvalue weighted by Gasteiger charge is -2.39. The first-order chi connectivity index (χ1) is 12.8. The molecular formula is C19H23N3O4S. The molecule has 144 valence electrons. The van der Waals surface area contributed by atoms with E-state index in [4.69, 9.17) is 0 Å². The van der Waals surface area contributed by atoms with Crippen molar-refractivity contribution in [1.29, 1.82) is 0 Å². The Morgan fingerprint density at radius 1 is 1.15 bits per heavy atom. The maximum absolute atomic E-state index is 13.5. The lowest BCUT2D eigenvalue weighted by molar-refractivity contribution is -0.385. The maximum Gasteiger partial charge on any atom is 0.270 e. The highest BCUT2D eigenvalue weighted by Crippen LogP contribution is 2.33. The highest BCUT2D eigenvalue weighted by Gasteiger charge is 2.37. The zero-order valence-corrected chi connectivity index (χ0v) is 16.2. The van der Waals surface area contributed by atoms with Crippen LogP contribution in [0.4, 0.5) is 5.69 Å². The van der Waals surface area contributed by atoms with Crippen LogP contribution in [-0.4, -0.2) is 49.2 Å². The fourth-order valence-corrected chi connectivity index (χ4v) is 5.36. The molecule has 0 saturated carbocycles. The first-order valence-electron chi connectivity index (χ1n) is 8.87. The van der Waals surface area contributed by atoms with Crippen molar-refractivity contribution in [2.75, 3.05) is 26.7 Å². The standard InChI is InChI=1S/C19H23N3O4S/c1-3-15-9-10-17(22(23)24)13-19(15)27(25,26)21-12-11-20(2)14-18(21)16-7-5-4-6-8-16/h4-10,13,18H,3,11-12,14H2,1-2H3. The smallest absolute Gasteiger partial charge is 0.270 e. The van der Waals surface area contributed by atoms with Crippen molar-refractivity contribution >= 4 is 15.7 Å². The molecule has 0 spiro atoms. The molecule has 1 aliphatic heterocycles. The third-order valence-corrected chi connectivity index (χ3v) is 6.94. The summed E-state index contributed by atoms with van der Waals surface area (Å²) < 4.78 is 28.5. The molecule has 1 fully saturated rings. The van der Waals surface area contributed by atoms with Gasteiger partial charge in [-0.05, 0) is 24.6 Å². The molecule has 0 radical (unpaired) electrons. The van der Waals surface area contributed by atoms with Gasteiger partial charge in [0.1, 0.15) is 0 Å². The number of non-ortho nitro benzene ring substituents is 1. The van der Waals surface area contributed by atoms with Crippen LogP contribution in [0, 0.1) is 10.1 Å². The Balaban J connectivity index is 2.09. The minimum absolute atomic E-state index is 0.0321. The largest absolute Gasteiger partial charge is 0.303 e. The Morgan fingerprint density at radius 3 is 2.48 bits per heavy atom. The van der Waals surface area contributed by atoms with Gasteiger partial charge in [0, 0.05) is 31.8 Å². The van der Waals surface area contributed by atoms with Gasteiger partial charge in [-0.3, -0.25) is 10.1 Å². The number of likely N-dealkylation sites (N-methyl/N-ethyl adjacent to an activating group) is 1. The fraction of sp³-hybridized carbons (Fsp3) is 0.368. The quantitative estimate of drug-likeness (QED) is 0.580. The van der Waals surface area contributed by atoms with Crippen LogP contribution in [0.5, 0.6) is 0 Å². The molecule has 2 aromatic rings. The third-order valence-electron chi connectivity index (χ3n) is 4.95. The van der Waals surface area contributed by atoms with E-state index >= 15 is 0 Å². The number of piperazine rings is 1. The Hall–Kier alpha value is -2.29. The highest BCUT2D eigenvalue weighted by atomic mass is 32.2. The zero-order valence-electron chi connectivity index (χ0n) is 15.4. The molecule has 1 heterocycles. The van der Waals surface area contributed by atoms with E-state index in [0.717, 1.165) is 5.56 Å². The normalized spacial score (nSPS) is 19.1. The molecule has 3 rings (SSSR count). The van der Waals surface area contributed by atoms with Crippen LogP contribution in [0.25, 0.3) is 0 Å². The summed E-state index contributed by atoms with van der Waals surface area (Å²) in [5.74, 6) is 0. The Bertz CT molecular complexity index is 931. The van der Waals surface area contributed by atoms with Crippen molar-refractivity contribution in [3.8, 4) is 0 Å². The Morgan fingerprint density at radius 2 is 1.85 bits per heavy atom. The summed E-state index contributed by atoms with van der Waals surface area (Å²) in [5, 5.41) is 11.2. The molecule has 2 aromatic carbocycles. The van der Waals surface area contributed by atoms with E-state index in [1.54, 1.807) is 6.07 Å². The number of nitro groups is 1. The van der Waals surface area contributed by atoms with Gasteiger partial charge in [-0.2, -0.15) is 4.31 Å². The first kappa shape index (κ1) is 19.5. The summed E-state index contributed by atoms with van der Waals surface area (Å²) >= 11 is 0. The Labute approximate surface area is 159 Å². The van der Waals surface area contributed by atoms with Crippen molar-refractivity contribution in [3.63, 3.8) is 0 Å². The highest BCUT2D eigenvalue weighted by molar-refractivity contribution is 7.89. The molecular weight excluding hydrogens is 366 g/mol. The van der Waals surface area contributed by atoms with Crippen LogP contribution in [0.15, 0.2) is 53.4 Å². The molecule has 0 bridgehead atoms. The number of aryl methyl sites for hydroxylation is 1. The van der Waals surface area contributed by atoms with Crippen molar-refractivity contribution in [2.24, 2.45) is 0 Å². The summed E-state index contributed by atoms with van der Waals surface area (Å²) in [4.78, 5) is 12.7. The summed E-state index contributed by atoms with van der Waals surface area (Å²) in [6, 6.07) is 13.3. The third kappa shape index (κ3) is 3.87. The number of sulfonamides is 1. The van der Waals surface area contributed by atoms with Gasteiger partial charge in [0.15, 0.2) is 0 Å². The average molecular weight is 389 g/mol. The SMILES string of the molecule is CCc1ccc([N+](=O)[O-])cc1S(=O)(=O)N1CCN(C)CC1c1ccccc1. The van der Waals surface area contributed by atoms with Crippen molar-refractivity contribution in [3.05, 3.63) is 69.8 Å². The van der Waals surface area contributed by atoms with Gasteiger partial charge >= 0.3 is 0 Å². The fourth-order valence-electron chi connectivity index (χ4n) is 3.45. The van der Waals surface area contributed by atoms with Gasteiger partial charge in [-0.25, -0.2) is 8.42 Å². The summed E-state index contributed by atoms with van der Waals surface area (Å²) in [7, 11) is -1.92. The number of benzene rings is 2. The number of hydrogen-bond acceptors (Lipinski definition) is 5. The van der Waals surface area contributed by atoms with Crippen molar-refractivity contribution < 1.29 is 13.3 Å². The minimum atomic E-state index is -3.88. The molecule has 1 saturated heterocycles. The van der Waals surface area contributed by atoms with E-state index in [0.29, 0.717) is 31.6 Å². The van der Waals surface area contributed by atoms with Crippen LogP contribution in [0.2, 0.25) is 0 Å². The predicted octanol–water partition coefficient (Wildman–Crippen LogP) is 2.83. The summed E-state index contributed by atoms with van der Waals surface area (Å²) in [6.45, 7) is 3.36. The second kappa shape index (κ2) is 7.75. The van der Waals surface area contributed by atoms with Gasteiger partial charge in [0.2, 0.25) is 10.0 Å². The molecule has 7 nitrogen and oxygen atoms in total. The molecule has 8 heteroatoms. The summed E-state index contributed by atoms with van der Waals surface area (Å²) in [5.41, 5.74) is 1.29. The van der Waals surface area contributed by atoms with Crippen molar-refractivity contribution in [2.45, 2.75) is 24.3 Å². The lowest BCUT2D eigenvalue weighted by atomic mass is 10.1. The van der Waals surface area contributed by atoms with E-state index in [9.17, 15) is 18.5 Å². The summed E-state index contributed by atoms with van der Waals surface area (Å²) in [6.07, 6.45) is 0.482. The maximum atomic E-state index is 13.5. The van der Waals surface area contributed by atoms with E-state index < -0.39 is 14.9 Å². The topological polar surface area (TPSA) is 83.8 Å². The van der Waals surface area contributed by atoms with E-state index in [2.05, 4.69) is 4.90 Å².